The van der Waals surface area contributed by atoms with E-state index < -0.39 is 15.9 Å². The third kappa shape index (κ3) is 5.84. The number of sulfonamides is 1. The molecule has 0 aliphatic heterocycles. The van der Waals surface area contributed by atoms with Gasteiger partial charge in [-0.3, -0.25) is 9.52 Å². The summed E-state index contributed by atoms with van der Waals surface area (Å²) in [6.07, 6.45) is 0. The SMILES string of the molecule is CC(=O)NS(=O)(=O)CC(C)C. The molecule has 66 valence electrons. The smallest absolute Gasteiger partial charge is 0.235 e. The lowest BCUT2D eigenvalue weighted by molar-refractivity contribution is -0.117. The van der Waals surface area contributed by atoms with E-state index in [2.05, 4.69) is 0 Å². The maximum Gasteiger partial charge on any atom is 0.235 e. The van der Waals surface area contributed by atoms with Crippen molar-refractivity contribution in [3.63, 3.8) is 0 Å². The van der Waals surface area contributed by atoms with Crippen LogP contribution >= 0.6 is 0 Å². The van der Waals surface area contributed by atoms with Crippen molar-refractivity contribution in [3.05, 3.63) is 0 Å². The first-order valence-electron chi connectivity index (χ1n) is 3.34. The van der Waals surface area contributed by atoms with Gasteiger partial charge in [0.2, 0.25) is 15.9 Å². The zero-order valence-corrected chi connectivity index (χ0v) is 7.73. The number of nitrogens with one attached hydrogen (secondary N) is 1. The Bertz CT molecular complexity index is 230. The van der Waals surface area contributed by atoms with Crippen molar-refractivity contribution in [2.24, 2.45) is 5.92 Å². The van der Waals surface area contributed by atoms with E-state index in [1.807, 2.05) is 4.72 Å². The van der Waals surface area contributed by atoms with Gasteiger partial charge in [-0.1, -0.05) is 13.8 Å². The fourth-order valence-corrected chi connectivity index (χ4v) is 2.10. The van der Waals surface area contributed by atoms with Crippen molar-refractivity contribution in [1.82, 2.24) is 4.72 Å². The Morgan fingerprint density at radius 3 is 2.18 bits per heavy atom. The van der Waals surface area contributed by atoms with Gasteiger partial charge < -0.3 is 0 Å². The Kier molecular flexibility index (Phi) is 3.51. The van der Waals surface area contributed by atoms with Crippen LogP contribution < -0.4 is 4.72 Å². The first-order chi connectivity index (χ1) is 4.83. The molecule has 0 aromatic rings. The standard InChI is InChI=1S/C6H13NO3S/c1-5(2)4-11(9,10)7-6(3)8/h5H,4H2,1-3H3,(H,7,8). The minimum Gasteiger partial charge on any atom is -0.274 e. The van der Waals surface area contributed by atoms with E-state index in [0.29, 0.717) is 0 Å². The van der Waals surface area contributed by atoms with E-state index >= 15 is 0 Å². The van der Waals surface area contributed by atoms with Gasteiger partial charge in [-0.05, 0) is 5.92 Å². The molecule has 0 atom stereocenters. The maximum absolute atomic E-state index is 10.9. The molecule has 0 aliphatic carbocycles. The molecule has 0 aromatic carbocycles. The quantitative estimate of drug-likeness (QED) is 0.668. The molecule has 0 heterocycles. The highest BCUT2D eigenvalue weighted by atomic mass is 32.2. The average molecular weight is 179 g/mol. The number of rotatable bonds is 3. The molecular formula is C6H13NO3S. The van der Waals surface area contributed by atoms with Gasteiger partial charge in [-0.15, -0.1) is 0 Å². The number of carbonyl (C=O) groups is 1. The molecule has 0 bridgehead atoms. The summed E-state index contributed by atoms with van der Waals surface area (Å²) in [4.78, 5) is 10.4. The van der Waals surface area contributed by atoms with Crippen LogP contribution in [0.5, 0.6) is 0 Å². The molecule has 0 unspecified atom stereocenters. The van der Waals surface area contributed by atoms with Crippen LogP contribution in [0.1, 0.15) is 20.8 Å². The lowest BCUT2D eigenvalue weighted by Gasteiger charge is -2.05. The van der Waals surface area contributed by atoms with Crippen LogP contribution in [0, 0.1) is 5.92 Å². The first-order valence-corrected chi connectivity index (χ1v) is 5.00. The first kappa shape index (κ1) is 10.4. The van der Waals surface area contributed by atoms with Gasteiger partial charge in [-0.2, -0.15) is 0 Å². The van der Waals surface area contributed by atoms with Gasteiger partial charge in [0.25, 0.3) is 0 Å². The molecule has 0 radical (unpaired) electrons. The predicted octanol–water partition coefficient (Wildman–Crippen LogP) is 0.108. The lowest BCUT2D eigenvalue weighted by atomic mass is 10.3. The van der Waals surface area contributed by atoms with Gasteiger partial charge in [0.1, 0.15) is 0 Å². The highest BCUT2D eigenvalue weighted by Gasteiger charge is 2.13. The summed E-state index contributed by atoms with van der Waals surface area (Å²) in [7, 11) is -3.38. The molecule has 5 heteroatoms. The second-order valence-corrected chi connectivity index (χ2v) is 4.60. The molecule has 0 rings (SSSR count). The zero-order valence-electron chi connectivity index (χ0n) is 6.92. The van der Waals surface area contributed by atoms with Gasteiger partial charge >= 0.3 is 0 Å². The predicted molar refractivity (Wildman–Crippen MR) is 42.4 cm³/mol. The van der Waals surface area contributed by atoms with E-state index in [4.69, 9.17) is 0 Å². The number of hydrogen-bond donors (Lipinski definition) is 1. The summed E-state index contributed by atoms with van der Waals surface area (Å²) < 4.78 is 23.7. The molecular weight excluding hydrogens is 166 g/mol. The Morgan fingerprint density at radius 2 is 1.91 bits per heavy atom. The van der Waals surface area contributed by atoms with Crippen LogP contribution in [0.25, 0.3) is 0 Å². The van der Waals surface area contributed by atoms with Crippen molar-refractivity contribution in [1.29, 1.82) is 0 Å². The van der Waals surface area contributed by atoms with Gasteiger partial charge in [0.15, 0.2) is 0 Å². The minimum absolute atomic E-state index is 0.00736. The summed E-state index contributed by atoms with van der Waals surface area (Å²) in [5.74, 6) is -0.510. The van der Waals surface area contributed by atoms with Gasteiger partial charge in [-0.25, -0.2) is 8.42 Å². The molecule has 0 aliphatic rings. The Morgan fingerprint density at radius 1 is 1.45 bits per heavy atom. The summed E-state index contributed by atoms with van der Waals surface area (Å²) >= 11 is 0. The second kappa shape index (κ2) is 3.71. The summed E-state index contributed by atoms with van der Waals surface area (Å²) in [6.45, 7) is 4.73. The Hall–Kier alpha value is -0.580. The van der Waals surface area contributed by atoms with Gasteiger partial charge in [0, 0.05) is 6.92 Å². The fraction of sp³-hybridized carbons (Fsp3) is 0.833. The molecule has 0 spiro atoms. The van der Waals surface area contributed by atoms with E-state index in [-0.39, 0.29) is 11.7 Å². The summed E-state index contributed by atoms with van der Waals surface area (Å²) in [6, 6.07) is 0. The van der Waals surface area contributed by atoms with E-state index in [9.17, 15) is 13.2 Å². The molecule has 1 N–H and O–H groups in total. The molecule has 0 saturated heterocycles. The van der Waals surface area contributed by atoms with Crippen LogP contribution in [0.4, 0.5) is 0 Å². The fourth-order valence-electron chi connectivity index (χ4n) is 0.699. The molecule has 1 amide bonds. The number of carbonyl (C=O) groups excluding carboxylic acids is 1. The maximum atomic E-state index is 10.9. The average Bonchev–Trinajstić information content (AvgIpc) is 1.53. The Balaban J connectivity index is 4.14. The topological polar surface area (TPSA) is 63.2 Å². The van der Waals surface area contributed by atoms with Crippen LogP contribution in [0.2, 0.25) is 0 Å². The largest absolute Gasteiger partial charge is 0.274 e. The monoisotopic (exact) mass is 179 g/mol. The van der Waals surface area contributed by atoms with Crippen molar-refractivity contribution < 1.29 is 13.2 Å². The number of amides is 1. The number of hydrogen-bond acceptors (Lipinski definition) is 3. The van der Waals surface area contributed by atoms with Crippen LogP contribution in [-0.4, -0.2) is 20.1 Å². The zero-order chi connectivity index (χ0) is 9.07. The molecule has 0 saturated carbocycles. The highest BCUT2D eigenvalue weighted by molar-refractivity contribution is 7.90. The second-order valence-electron chi connectivity index (χ2n) is 2.83. The van der Waals surface area contributed by atoms with Crippen LogP contribution in [0.15, 0.2) is 0 Å². The van der Waals surface area contributed by atoms with Crippen molar-refractivity contribution in [3.8, 4) is 0 Å². The third-order valence-corrected chi connectivity index (χ3v) is 2.56. The lowest BCUT2D eigenvalue weighted by Crippen LogP contribution is -2.32. The Labute approximate surface area is 67.0 Å². The normalized spacial score (nSPS) is 11.6. The third-order valence-electron chi connectivity index (χ3n) is 0.852. The summed E-state index contributed by atoms with van der Waals surface area (Å²) in [5.41, 5.74) is 0. The summed E-state index contributed by atoms with van der Waals surface area (Å²) in [5, 5.41) is 0. The van der Waals surface area contributed by atoms with Crippen molar-refractivity contribution in [2.75, 3.05) is 5.75 Å². The van der Waals surface area contributed by atoms with Gasteiger partial charge in [0.05, 0.1) is 5.75 Å². The van der Waals surface area contributed by atoms with E-state index in [1.165, 1.54) is 6.92 Å². The highest BCUT2D eigenvalue weighted by Crippen LogP contribution is 1.96. The molecule has 0 fully saturated rings. The minimum atomic E-state index is -3.38. The van der Waals surface area contributed by atoms with Crippen molar-refractivity contribution in [2.45, 2.75) is 20.8 Å². The van der Waals surface area contributed by atoms with Crippen molar-refractivity contribution >= 4 is 15.9 Å². The van der Waals surface area contributed by atoms with E-state index in [1.54, 1.807) is 13.8 Å². The molecule has 0 aromatic heterocycles. The van der Waals surface area contributed by atoms with E-state index in [0.717, 1.165) is 0 Å². The van der Waals surface area contributed by atoms with Crippen LogP contribution in [0.3, 0.4) is 0 Å². The van der Waals surface area contributed by atoms with Crippen LogP contribution in [-0.2, 0) is 14.8 Å². The molecule has 11 heavy (non-hydrogen) atoms. The molecule has 4 nitrogen and oxygen atoms in total.